The Balaban J connectivity index is 2.50. The van der Waals surface area contributed by atoms with Crippen molar-refractivity contribution in [2.24, 2.45) is 17.0 Å². The number of carboxylic acids is 1. The lowest BCUT2D eigenvalue weighted by molar-refractivity contribution is -0.385. The Kier molecular flexibility index (Phi) is 4.65. The fraction of sp³-hybridized carbons (Fsp3) is 0.417. The zero-order valence-corrected chi connectivity index (χ0v) is 13.1. The molecule has 3 N–H and O–H groups in total. The highest BCUT2D eigenvalue weighted by Gasteiger charge is 2.52. The number of hydrogen-bond donors (Lipinski definition) is 2. The number of aliphatic carboxylic acids is 1. The lowest BCUT2D eigenvalue weighted by Gasteiger charge is -2.20. The minimum atomic E-state index is -4.79. The first-order chi connectivity index (χ1) is 11.3. The number of nitrogens with two attached hydrogens (primary N) is 1. The molecule has 0 aromatic heterocycles. The highest BCUT2D eigenvalue weighted by molar-refractivity contribution is 7.89. The molecule has 0 spiro atoms. The van der Waals surface area contributed by atoms with E-state index in [1.807, 2.05) is 0 Å². The predicted octanol–water partition coefficient (Wildman–Crippen LogP) is 0.942. The lowest BCUT2D eigenvalue weighted by Crippen LogP contribution is -2.33. The van der Waals surface area contributed by atoms with Crippen molar-refractivity contribution in [1.82, 2.24) is 0 Å². The van der Waals surface area contributed by atoms with Gasteiger partial charge in [-0.3, -0.25) is 14.9 Å². The smallest absolute Gasteiger partial charge is 0.394 e. The summed E-state index contributed by atoms with van der Waals surface area (Å²) in [4.78, 5) is 21.4. The molecule has 0 unspecified atom stereocenters. The summed E-state index contributed by atoms with van der Waals surface area (Å²) < 4.78 is 61.9. The number of halogens is 3. The standard InChI is InChI=1S/C12H12F3N3O6S/c13-12(14,15)10-5-17(4-9(10)11(19)20)6-1-7(18(21)22)3-8(2-6)25(16,23)24/h1-3,9-10H,4-5H2,(H,19,20)(H2,16,23,24)/t9-,10-/m1/s1. The van der Waals surface area contributed by atoms with Crippen LogP contribution in [0.4, 0.5) is 24.5 Å². The monoisotopic (exact) mass is 383 g/mol. The average Bonchev–Trinajstić information content (AvgIpc) is 2.91. The van der Waals surface area contributed by atoms with Crippen molar-refractivity contribution in [2.75, 3.05) is 18.0 Å². The van der Waals surface area contributed by atoms with E-state index in [0.717, 1.165) is 17.0 Å². The van der Waals surface area contributed by atoms with E-state index >= 15 is 0 Å². The van der Waals surface area contributed by atoms with E-state index in [9.17, 15) is 36.5 Å². The molecule has 0 saturated carbocycles. The average molecular weight is 383 g/mol. The van der Waals surface area contributed by atoms with Crippen molar-refractivity contribution in [2.45, 2.75) is 11.1 Å². The highest BCUT2D eigenvalue weighted by Crippen LogP contribution is 2.40. The molecule has 1 aromatic rings. The van der Waals surface area contributed by atoms with Crippen LogP contribution < -0.4 is 10.0 Å². The third-order valence-corrected chi connectivity index (χ3v) is 4.73. The summed E-state index contributed by atoms with van der Waals surface area (Å²) >= 11 is 0. The van der Waals surface area contributed by atoms with E-state index in [0.29, 0.717) is 6.07 Å². The van der Waals surface area contributed by atoms with Gasteiger partial charge in [-0.1, -0.05) is 0 Å². The highest BCUT2D eigenvalue weighted by atomic mass is 32.2. The van der Waals surface area contributed by atoms with Gasteiger partial charge in [0.15, 0.2) is 0 Å². The number of nitro groups is 1. The number of sulfonamides is 1. The molecule has 1 aromatic carbocycles. The largest absolute Gasteiger partial charge is 0.481 e. The number of anilines is 1. The molecule has 2 atom stereocenters. The normalized spacial score (nSPS) is 21.4. The van der Waals surface area contributed by atoms with Crippen LogP contribution in [0.1, 0.15) is 0 Å². The Labute approximate surface area is 139 Å². The lowest BCUT2D eigenvalue weighted by atomic mass is 9.96. The van der Waals surface area contributed by atoms with Crippen LogP contribution in [0.2, 0.25) is 0 Å². The van der Waals surface area contributed by atoms with Crippen LogP contribution in [0.15, 0.2) is 23.1 Å². The number of primary sulfonamides is 1. The maximum Gasteiger partial charge on any atom is 0.394 e. The Morgan fingerprint density at radius 1 is 1.32 bits per heavy atom. The molecule has 0 aliphatic carbocycles. The third kappa shape index (κ3) is 3.99. The van der Waals surface area contributed by atoms with Gasteiger partial charge in [0.05, 0.1) is 21.7 Å². The minimum Gasteiger partial charge on any atom is -0.481 e. The second-order valence-corrected chi connectivity index (χ2v) is 7.05. The first-order valence-electron chi connectivity index (χ1n) is 6.67. The van der Waals surface area contributed by atoms with E-state index in [-0.39, 0.29) is 5.69 Å². The Morgan fingerprint density at radius 2 is 1.92 bits per heavy atom. The molecule has 2 rings (SSSR count). The number of alkyl halides is 3. The number of non-ortho nitro benzene ring substituents is 1. The molecule has 1 fully saturated rings. The molecule has 138 valence electrons. The van der Waals surface area contributed by atoms with Crippen molar-refractivity contribution < 1.29 is 36.4 Å². The third-order valence-electron chi connectivity index (χ3n) is 3.84. The Morgan fingerprint density at radius 3 is 2.32 bits per heavy atom. The van der Waals surface area contributed by atoms with E-state index < -0.39 is 62.6 Å². The molecule has 1 aliphatic heterocycles. The minimum absolute atomic E-state index is 0.226. The van der Waals surface area contributed by atoms with Gasteiger partial charge >= 0.3 is 12.1 Å². The second kappa shape index (κ2) is 6.15. The van der Waals surface area contributed by atoms with Crippen LogP contribution in [-0.2, 0) is 14.8 Å². The zero-order valence-electron chi connectivity index (χ0n) is 12.3. The summed E-state index contributed by atoms with van der Waals surface area (Å²) in [5, 5.41) is 24.8. The molecule has 25 heavy (non-hydrogen) atoms. The summed E-state index contributed by atoms with van der Waals surface area (Å²) in [6, 6.07) is 2.41. The van der Waals surface area contributed by atoms with E-state index in [1.54, 1.807) is 0 Å². The van der Waals surface area contributed by atoms with Gasteiger partial charge in [0.1, 0.15) is 0 Å². The number of nitro benzene ring substituents is 1. The first kappa shape index (κ1) is 18.9. The van der Waals surface area contributed by atoms with Gasteiger partial charge in [-0.25, -0.2) is 13.6 Å². The summed E-state index contributed by atoms with van der Waals surface area (Å²) in [5.41, 5.74) is -0.917. The maximum absolute atomic E-state index is 13.0. The molecule has 1 saturated heterocycles. The van der Waals surface area contributed by atoms with E-state index in [1.165, 1.54) is 0 Å². The van der Waals surface area contributed by atoms with Crippen LogP contribution in [0.5, 0.6) is 0 Å². The van der Waals surface area contributed by atoms with Gasteiger partial charge in [-0.2, -0.15) is 13.2 Å². The van der Waals surface area contributed by atoms with Crippen LogP contribution in [-0.4, -0.2) is 43.7 Å². The number of rotatable bonds is 4. The second-order valence-electron chi connectivity index (χ2n) is 5.49. The number of carboxylic acid groups (broad SMARTS) is 1. The quantitative estimate of drug-likeness (QED) is 0.581. The van der Waals surface area contributed by atoms with Gasteiger partial charge in [-0.15, -0.1) is 0 Å². The van der Waals surface area contributed by atoms with Gasteiger partial charge in [0.2, 0.25) is 10.0 Å². The predicted molar refractivity (Wildman–Crippen MR) is 77.4 cm³/mol. The number of hydrogen-bond acceptors (Lipinski definition) is 6. The molecule has 1 heterocycles. The molecule has 9 nitrogen and oxygen atoms in total. The molecule has 0 radical (unpaired) electrons. The molecule has 13 heteroatoms. The van der Waals surface area contributed by atoms with Crippen molar-refractivity contribution in [1.29, 1.82) is 0 Å². The number of benzene rings is 1. The summed E-state index contributed by atoms with van der Waals surface area (Å²) in [6.45, 7) is -1.35. The maximum atomic E-state index is 13.0. The van der Waals surface area contributed by atoms with Gasteiger partial charge in [0.25, 0.3) is 5.69 Å². The van der Waals surface area contributed by atoms with Crippen molar-refractivity contribution >= 4 is 27.4 Å². The summed E-state index contributed by atoms with van der Waals surface area (Å²) in [7, 11) is -4.35. The van der Waals surface area contributed by atoms with Crippen LogP contribution in [0.25, 0.3) is 0 Å². The molecular weight excluding hydrogens is 371 g/mol. The van der Waals surface area contributed by atoms with Crippen LogP contribution in [0, 0.1) is 22.0 Å². The topological polar surface area (TPSA) is 144 Å². The Hall–Kier alpha value is -2.41. The summed E-state index contributed by atoms with van der Waals surface area (Å²) in [5.74, 6) is -5.64. The van der Waals surface area contributed by atoms with Crippen LogP contribution >= 0.6 is 0 Å². The zero-order chi connectivity index (χ0) is 19.2. The first-order valence-corrected chi connectivity index (χ1v) is 8.22. The van der Waals surface area contributed by atoms with Crippen molar-refractivity contribution in [3.63, 3.8) is 0 Å². The number of nitrogens with zero attached hydrogens (tertiary/aromatic N) is 2. The van der Waals surface area contributed by atoms with E-state index in [2.05, 4.69) is 0 Å². The SMILES string of the molecule is NS(=O)(=O)c1cc(N2C[C@@H](C(F)(F)F)[C@H](C(=O)O)C2)cc([N+](=O)[O-])c1. The van der Waals surface area contributed by atoms with Crippen molar-refractivity contribution in [3.8, 4) is 0 Å². The Bertz CT molecular complexity index is 826. The fourth-order valence-electron chi connectivity index (χ4n) is 2.62. The fourth-order valence-corrected chi connectivity index (χ4v) is 3.19. The van der Waals surface area contributed by atoms with Crippen LogP contribution in [0.3, 0.4) is 0 Å². The molecule has 0 bridgehead atoms. The molecule has 0 amide bonds. The van der Waals surface area contributed by atoms with Gasteiger partial charge < -0.3 is 10.0 Å². The number of carbonyl (C=O) groups is 1. The summed E-state index contributed by atoms with van der Waals surface area (Å²) in [6.07, 6.45) is -4.79. The van der Waals surface area contributed by atoms with Gasteiger partial charge in [-0.05, 0) is 6.07 Å². The van der Waals surface area contributed by atoms with E-state index in [4.69, 9.17) is 10.2 Å². The van der Waals surface area contributed by atoms with Gasteiger partial charge in [0, 0.05) is 30.9 Å². The van der Waals surface area contributed by atoms with Crippen molar-refractivity contribution in [3.05, 3.63) is 28.3 Å². The molecular formula is C12H12F3N3O6S. The molecule has 1 aliphatic rings.